The molecule has 0 spiro atoms. The minimum Gasteiger partial charge on any atom is -0.495 e. The van der Waals surface area contributed by atoms with Crippen LogP contribution in [0.1, 0.15) is 5.76 Å². The lowest BCUT2D eigenvalue weighted by molar-refractivity contribution is 0.390. The average molecular weight is 298 g/mol. The highest BCUT2D eigenvalue weighted by Gasteiger charge is 2.14. The molecular weight excluding hydrogens is 286 g/mol. The molecule has 4 nitrogen and oxygen atoms in total. The van der Waals surface area contributed by atoms with Crippen LogP contribution in [-0.2, 0) is 0 Å². The monoisotopic (exact) mass is 297 g/mol. The zero-order chi connectivity index (χ0) is 12.4. The molecule has 0 aliphatic heterocycles. The molecule has 2 aromatic rings. The highest BCUT2D eigenvalue weighted by atomic mass is 79.9. The molecule has 1 aromatic heterocycles. The molecule has 1 aromatic carbocycles. The second-order valence-corrected chi connectivity index (χ2v) is 4.24. The van der Waals surface area contributed by atoms with Gasteiger partial charge >= 0.3 is 0 Å². The summed E-state index contributed by atoms with van der Waals surface area (Å²) in [5.74, 6) is 2.15. The average Bonchev–Trinajstić information content (AvgIpc) is 2.76. The summed E-state index contributed by atoms with van der Waals surface area (Å²) in [6.07, 6.45) is 1.42. The molecule has 0 saturated heterocycles. The Labute approximate surface area is 108 Å². The van der Waals surface area contributed by atoms with E-state index in [-0.39, 0.29) is 0 Å². The summed E-state index contributed by atoms with van der Waals surface area (Å²) in [4.78, 5) is 4.17. The number of rotatable bonds is 3. The van der Waals surface area contributed by atoms with Crippen LogP contribution in [-0.4, -0.2) is 19.2 Å². The van der Waals surface area contributed by atoms with Crippen LogP contribution in [0.3, 0.4) is 0 Å². The molecule has 0 aliphatic carbocycles. The summed E-state index contributed by atoms with van der Waals surface area (Å²) in [6, 6.07) is 3.77. The fraction of sp³-hybridized carbons (Fsp3) is 0.250. The smallest absolute Gasteiger partial charge is 0.181 e. The number of aryl methyl sites for hydroxylation is 1. The van der Waals surface area contributed by atoms with Crippen molar-refractivity contribution in [2.75, 3.05) is 14.2 Å². The lowest BCUT2D eigenvalue weighted by Gasteiger charge is -2.10. The van der Waals surface area contributed by atoms with Crippen LogP contribution < -0.4 is 9.47 Å². The first-order valence-electron chi connectivity index (χ1n) is 4.99. The van der Waals surface area contributed by atoms with Crippen LogP contribution in [0.4, 0.5) is 0 Å². The largest absolute Gasteiger partial charge is 0.495 e. The van der Waals surface area contributed by atoms with Gasteiger partial charge < -0.3 is 13.9 Å². The van der Waals surface area contributed by atoms with E-state index >= 15 is 0 Å². The first-order chi connectivity index (χ1) is 8.17. The first-order valence-corrected chi connectivity index (χ1v) is 5.78. The fourth-order valence-corrected chi connectivity index (χ4v) is 2.14. The second kappa shape index (κ2) is 4.79. The first kappa shape index (κ1) is 12.0. The van der Waals surface area contributed by atoms with E-state index in [0.29, 0.717) is 11.5 Å². The summed E-state index contributed by atoms with van der Waals surface area (Å²) in [5, 5.41) is 0. The van der Waals surface area contributed by atoms with Crippen LogP contribution in [0, 0.1) is 6.92 Å². The summed E-state index contributed by atoms with van der Waals surface area (Å²) < 4.78 is 16.5. The highest BCUT2D eigenvalue weighted by Crippen LogP contribution is 2.39. The van der Waals surface area contributed by atoms with Crippen LogP contribution >= 0.6 is 15.9 Å². The Hall–Kier alpha value is -1.49. The third-order valence-corrected chi connectivity index (χ3v) is 3.25. The van der Waals surface area contributed by atoms with Crippen molar-refractivity contribution in [1.82, 2.24) is 4.98 Å². The van der Waals surface area contributed by atoms with Gasteiger partial charge in [-0.05, 0) is 35.0 Å². The zero-order valence-electron chi connectivity index (χ0n) is 9.78. The summed E-state index contributed by atoms with van der Waals surface area (Å²) in [5.41, 5.74) is 1.68. The van der Waals surface area contributed by atoms with Crippen molar-refractivity contribution in [3.05, 3.63) is 28.8 Å². The predicted octanol–water partition coefficient (Wildman–Crippen LogP) is 3.43. The highest BCUT2D eigenvalue weighted by molar-refractivity contribution is 9.10. The topological polar surface area (TPSA) is 44.5 Å². The van der Waals surface area contributed by atoms with Crippen molar-refractivity contribution in [3.8, 4) is 22.8 Å². The third kappa shape index (κ3) is 2.15. The Morgan fingerprint density at radius 1 is 1.18 bits per heavy atom. The number of oxazole rings is 1. The molecule has 0 atom stereocenters. The molecule has 17 heavy (non-hydrogen) atoms. The van der Waals surface area contributed by atoms with Gasteiger partial charge in [0.15, 0.2) is 6.39 Å². The molecule has 5 heteroatoms. The number of hydrogen-bond donors (Lipinski definition) is 0. The Morgan fingerprint density at radius 2 is 1.76 bits per heavy atom. The molecule has 0 bridgehead atoms. The maximum atomic E-state index is 5.28. The molecule has 0 fully saturated rings. The molecule has 1 heterocycles. The molecular formula is C12H12BrNO3. The minimum atomic E-state index is 0.696. The molecule has 0 amide bonds. The lowest BCUT2D eigenvalue weighted by atomic mass is 10.1. The van der Waals surface area contributed by atoms with Gasteiger partial charge in [0, 0.05) is 5.56 Å². The number of ether oxygens (including phenoxy) is 2. The second-order valence-electron chi connectivity index (χ2n) is 3.45. The Bertz CT molecular complexity index is 511. The third-order valence-electron chi connectivity index (χ3n) is 2.46. The van der Waals surface area contributed by atoms with Crippen LogP contribution in [0.25, 0.3) is 11.3 Å². The van der Waals surface area contributed by atoms with Crippen molar-refractivity contribution in [2.45, 2.75) is 6.92 Å². The Kier molecular flexibility index (Phi) is 3.38. The normalized spacial score (nSPS) is 10.4. The van der Waals surface area contributed by atoms with E-state index in [2.05, 4.69) is 20.9 Å². The summed E-state index contributed by atoms with van der Waals surface area (Å²) >= 11 is 3.42. The van der Waals surface area contributed by atoms with Gasteiger partial charge in [-0.3, -0.25) is 0 Å². The van der Waals surface area contributed by atoms with Crippen molar-refractivity contribution in [2.24, 2.45) is 0 Å². The van der Waals surface area contributed by atoms with E-state index < -0.39 is 0 Å². The number of benzene rings is 1. The van der Waals surface area contributed by atoms with Gasteiger partial charge in [0.05, 0.1) is 14.2 Å². The molecule has 0 saturated carbocycles. The number of nitrogens with zero attached hydrogens (tertiary/aromatic N) is 1. The van der Waals surface area contributed by atoms with Crippen molar-refractivity contribution in [3.63, 3.8) is 0 Å². The van der Waals surface area contributed by atoms with Crippen LogP contribution in [0.5, 0.6) is 11.5 Å². The SMILES string of the molecule is COc1cc(-c2ncoc2C)cc(OC)c1Br. The molecule has 2 rings (SSSR count). The van der Waals surface area contributed by atoms with Gasteiger partial charge in [0.1, 0.15) is 27.4 Å². The Balaban J connectivity index is 2.60. The maximum Gasteiger partial charge on any atom is 0.181 e. The van der Waals surface area contributed by atoms with Crippen molar-refractivity contribution in [1.29, 1.82) is 0 Å². The van der Waals surface area contributed by atoms with Gasteiger partial charge in [0.25, 0.3) is 0 Å². The standard InChI is InChI=1S/C12H12BrNO3/c1-7-12(14-6-17-7)8-4-9(15-2)11(13)10(5-8)16-3/h4-6H,1-3H3. The summed E-state index contributed by atoms with van der Waals surface area (Å²) in [6.45, 7) is 1.86. The van der Waals surface area contributed by atoms with E-state index in [4.69, 9.17) is 13.9 Å². The van der Waals surface area contributed by atoms with Crippen molar-refractivity contribution < 1.29 is 13.9 Å². The molecule has 0 aliphatic rings. The van der Waals surface area contributed by atoms with E-state index in [9.17, 15) is 0 Å². The Morgan fingerprint density at radius 3 is 2.18 bits per heavy atom. The molecule has 0 unspecified atom stereocenters. The maximum absolute atomic E-state index is 5.28. The number of hydrogen-bond acceptors (Lipinski definition) is 4. The fourth-order valence-electron chi connectivity index (χ4n) is 1.59. The van der Waals surface area contributed by atoms with Gasteiger partial charge in [-0.1, -0.05) is 0 Å². The van der Waals surface area contributed by atoms with Crippen LogP contribution in [0.2, 0.25) is 0 Å². The van der Waals surface area contributed by atoms with Crippen molar-refractivity contribution >= 4 is 15.9 Å². The quantitative estimate of drug-likeness (QED) is 0.871. The van der Waals surface area contributed by atoms with E-state index in [1.807, 2.05) is 19.1 Å². The number of aromatic nitrogens is 1. The number of methoxy groups -OCH3 is 2. The zero-order valence-corrected chi connectivity index (χ0v) is 11.4. The lowest BCUT2D eigenvalue weighted by Crippen LogP contribution is -1.92. The minimum absolute atomic E-state index is 0.696. The van der Waals surface area contributed by atoms with E-state index in [1.54, 1.807) is 14.2 Å². The van der Waals surface area contributed by atoms with Gasteiger partial charge in [0.2, 0.25) is 0 Å². The van der Waals surface area contributed by atoms with E-state index in [0.717, 1.165) is 21.5 Å². The summed E-state index contributed by atoms with van der Waals surface area (Å²) in [7, 11) is 3.22. The molecule has 0 radical (unpaired) electrons. The predicted molar refractivity (Wildman–Crippen MR) is 67.5 cm³/mol. The van der Waals surface area contributed by atoms with Gasteiger partial charge in [-0.25, -0.2) is 4.98 Å². The van der Waals surface area contributed by atoms with Crippen LogP contribution in [0.15, 0.2) is 27.4 Å². The number of halogens is 1. The molecule has 0 N–H and O–H groups in total. The molecule has 90 valence electrons. The van der Waals surface area contributed by atoms with Gasteiger partial charge in [-0.15, -0.1) is 0 Å². The van der Waals surface area contributed by atoms with Gasteiger partial charge in [-0.2, -0.15) is 0 Å². The van der Waals surface area contributed by atoms with E-state index in [1.165, 1.54) is 6.39 Å².